The van der Waals surface area contributed by atoms with E-state index in [1.807, 2.05) is 30.3 Å². The van der Waals surface area contributed by atoms with E-state index < -0.39 is 52.3 Å². The molecule has 43 heavy (non-hydrogen) atoms. The van der Waals surface area contributed by atoms with Gasteiger partial charge in [-0.2, -0.15) is 0 Å². The minimum atomic E-state index is -4.56. The Balaban J connectivity index is 1.45. The first-order valence-electron chi connectivity index (χ1n) is 14.1. The molecule has 1 aliphatic heterocycles. The number of allylic oxidation sites excluding steroid dienone is 5. The summed E-state index contributed by atoms with van der Waals surface area (Å²) >= 11 is -2.70. The van der Waals surface area contributed by atoms with Crippen LogP contribution in [0.2, 0.25) is 0 Å². The van der Waals surface area contributed by atoms with Crippen molar-refractivity contribution < 1.29 is 30.0 Å². The molecule has 1 unspecified atom stereocenters. The Labute approximate surface area is 258 Å². The van der Waals surface area contributed by atoms with E-state index in [9.17, 15) is 30.0 Å². The van der Waals surface area contributed by atoms with Gasteiger partial charge in [0.2, 0.25) is 0 Å². The van der Waals surface area contributed by atoms with Crippen LogP contribution in [0.3, 0.4) is 0 Å². The molecule has 1 N–H and O–H groups in total. The van der Waals surface area contributed by atoms with Crippen molar-refractivity contribution in [1.82, 2.24) is 10.3 Å². The third-order valence-corrected chi connectivity index (χ3v) is 21.4. The van der Waals surface area contributed by atoms with Gasteiger partial charge < -0.3 is 0 Å². The van der Waals surface area contributed by atoms with Crippen molar-refractivity contribution >= 4 is 35.3 Å². The second-order valence-electron chi connectivity index (χ2n) is 11.0. The fourth-order valence-corrected chi connectivity index (χ4v) is 12.8. The molecule has 1 aromatic heterocycles. The molecule has 1 aromatic carbocycles. The maximum atomic E-state index is 14.1. The monoisotopic (exact) mass is 750 g/mol. The SMILES string of the molecule is Cc1ccc(CNC2=C\CC/C(CCc3ccc(C4CCCS4(=O)=O)cc3)=C/C/C=C\2C(F)(F)F)c(I(C)S(C)(=O)=O)n1. The summed E-state index contributed by atoms with van der Waals surface area (Å²) in [5, 5.41) is 2.53. The summed E-state index contributed by atoms with van der Waals surface area (Å²) in [6.07, 6.45) is 5.17. The summed E-state index contributed by atoms with van der Waals surface area (Å²) in [7, 11) is -6.38. The van der Waals surface area contributed by atoms with Gasteiger partial charge in [0.1, 0.15) is 0 Å². The molecule has 0 saturated carbocycles. The van der Waals surface area contributed by atoms with E-state index in [0.29, 0.717) is 53.5 Å². The number of aromatic nitrogens is 1. The van der Waals surface area contributed by atoms with E-state index in [2.05, 4.69) is 10.3 Å². The summed E-state index contributed by atoms with van der Waals surface area (Å²) < 4.78 is 92.0. The van der Waals surface area contributed by atoms with Crippen LogP contribution in [-0.2, 0) is 29.8 Å². The quantitative estimate of drug-likeness (QED) is 0.0967. The maximum absolute atomic E-state index is 14.1. The van der Waals surface area contributed by atoms with Crippen LogP contribution in [0, 0.1) is 10.6 Å². The molecule has 2 aromatic rings. The van der Waals surface area contributed by atoms with Crippen LogP contribution in [0.1, 0.15) is 66.2 Å². The van der Waals surface area contributed by atoms with Gasteiger partial charge in [0, 0.05) is 0 Å². The summed E-state index contributed by atoms with van der Waals surface area (Å²) in [4.78, 5) is 6.15. The van der Waals surface area contributed by atoms with Crippen LogP contribution in [0.5, 0.6) is 0 Å². The van der Waals surface area contributed by atoms with Crippen molar-refractivity contribution in [3.63, 3.8) is 0 Å². The first-order chi connectivity index (χ1) is 20.1. The van der Waals surface area contributed by atoms with E-state index in [1.165, 1.54) is 12.3 Å². The van der Waals surface area contributed by atoms with Crippen LogP contribution in [0.25, 0.3) is 0 Å². The molecule has 2 aliphatic rings. The fraction of sp³-hybridized carbons (Fsp3) is 0.452. The summed E-state index contributed by atoms with van der Waals surface area (Å²) in [6, 6.07) is 11.2. The molecule has 0 spiro atoms. The predicted octanol–water partition coefficient (Wildman–Crippen LogP) is 7.11. The van der Waals surface area contributed by atoms with E-state index in [4.69, 9.17) is 0 Å². The predicted molar refractivity (Wildman–Crippen MR) is 174 cm³/mol. The first kappa shape index (κ1) is 33.7. The van der Waals surface area contributed by atoms with Crippen molar-refractivity contribution in [3.05, 3.63) is 97.6 Å². The average Bonchev–Trinajstić information content (AvgIpc) is 3.33. The molecule has 0 bridgehead atoms. The van der Waals surface area contributed by atoms with Crippen molar-refractivity contribution in [2.24, 2.45) is 0 Å². The zero-order valence-corrected chi connectivity index (χ0v) is 28.3. The number of alkyl halides is 4. The molecule has 236 valence electrons. The Morgan fingerprint density at radius 3 is 2.40 bits per heavy atom. The molecule has 1 atom stereocenters. The molecule has 1 aliphatic carbocycles. The zero-order chi connectivity index (χ0) is 31.4. The van der Waals surface area contributed by atoms with Crippen molar-refractivity contribution in [1.29, 1.82) is 0 Å². The van der Waals surface area contributed by atoms with Gasteiger partial charge in [-0.15, -0.1) is 0 Å². The molecule has 12 heteroatoms. The Kier molecular flexibility index (Phi) is 10.9. The van der Waals surface area contributed by atoms with Gasteiger partial charge in [-0.3, -0.25) is 0 Å². The number of halogens is 4. The molecule has 0 amide bonds. The molecule has 2 heterocycles. The van der Waals surface area contributed by atoms with Crippen LogP contribution in [0.4, 0.5) is 13.2 Å². The van der Waals surface area contributed by atoms with Gasteiger partial charge in [-0.1, -0.05) is 24.3 Å². The number of sulfone groups is 1. The van der Waals surface area contributed by atoms with E-state index >= 15 is 0 Å². The molecule has 1 saturated heterocycles. The van der Waals surface area contributed by atoms with Crippen molar-refractivity contribution in [3.8, 4) is 0 Å². The Hall–Kier alpha value is -2.19. The number of benzene rings is 1. The van der Waals surface area contributed by atoms with E-state index in [0.717, 1.165) is 16.7 Å². The zero-order valence-electron chi connectivity index (χ0n) is 24.5. The molecular formula is C31H38F3IN2O4S2. The molecule has 1 fully saturated rings. The van der Waals surface area contributed by atoms with Gasteiger partial charge >= 0.3 is 188 Å². The number of rotatable bonds is 9. The number of nitrogens with one attached hydrogen (secondary N) is 1. The minimum absolute atomic E-state index is 0.0121. The average molecular weight is 751 g/mol. The number of hydrogen-bond donors (Lipinski definition) is 1. The van der Waals surface area contributed by atoms with Crippen LogP contribution in [0.15, 0.2) is 71.5 Å². The third-order valence-electron chi connectivity index (χ3n) is 7.76. The Morgan fingerprint density at radius 1 is 1.05 bits per heavy atom. The van der Waals surface area contributed by atoms with Crippen molar-refractivity contribution in [2.45, 2.75) is 69.8 Å². The topological polar surface area (TPSA) is 93.2 Å². The fourth-order valence-electron chi connectivity index (χ4n) is 5.34. The van der Waals surface area contributed by atoms with Crippen LogP contribution >= 0.6 is 18.4 Å². The number of hydrogen-bond acceptors (Lipinski definition) is 6. The standard InChI is InChI=1S/C31H38F3IN2O4S2/c1-22-12-17-26(30(37-22)35(2)42(3,38)39)21-36-28-10-5-8-23(7-4-9-27(28)31(32,33)34)13-14-24-15-18-25(19-16-24)29-11-6-20-43(29,40)41/h7,9-10,12,15-19,29,36H,4-6,8,11,13-14,20-21H2,1-3H3/b23-7-,27-9+,28-10-. The molecule has 4 rings (SSSR count). The Bertz CT molecular complexity index is 1630. The Morgan fingerprint density at radius 2 is 1.77 bits per heavy atom. The van der Waals surface area contributed by atoms with Gasteiger partial charge in [0.05, 0.1) is 11.0 Å². The first-order valence-corrected chi connectivity index (χ1v) is 23.5. The molecular weight excluding hydrogens is 712 g/mol. The second kappa shape index (κ2) is 13.8. The normalized spacial score (nSPS) is 23.4. The number of aryl methyl sites for hydroxylation is 2. The van der Waals surface area contributed by atoms with Crippen molar-refractivity contribution in [2.75, 3.05) is 16.9 Å². The van der Waals surface area contributed by atoms with Gasteiger partial charge in [0.15, 0.2) is 9.84 Å². The molecule has 6 nitrogen and oxygen atoms in total. The number of nitrogens with zero attached hydrogens (tertiary/aromatic N) is 1. The molecule has 0 radical (unpaired) electrons. The summed E-state index contributed by atoms with van der Waals surface area (Å²) in [5.74, 6) is 0.234. The van der Waals surface area contributed by atoms with Crippen LogP contribution in [-0.4, -0.2) is 44.9 Å². The van der Waals surface area contributed by atoms with E-state index in [1.54, 1.807) is 30.1 Å². The van der Waals surface area contributed by atoms with E-state index in [-0.39, 0.29) is 24.4 Å². The number of pyridine rings is 1. The third kappa shape index (κ3) is 8.93. The van der Waals surface area contributed by atoms with Gasteiger partial charge in [-0.25, -0.2) is 8.42 Å². The van der Waals surface area contributed by atoms with Crippen LogP contribution < -0.4 is 5.32 Å². The summed E-state index contributed by atoms with van der Waals surface area (Å²) in [5.41, 5.74) is 3.46. The summed E-state index contributed by atoms with van der Waals surface area (Å²) in [6.45, 7) is 1.80. The second-order valence-corrected chi connectivity index (χ2v) is 26.0. The van der Waals surface area contributed by atoms with Gasteiger partial charge in [-0.05, 0) is 18.4 Å². The van der Waals surface area contributed by atoms with Gasteiger partial charge in [0.25, 0.3) is 0 Å².